The molecule has 0 amide bonds. The summed E-state index contributed by atoms with van der Waals surface area (Å²) in [6.07, 6.45) is 2.81. The molecule has 1 N–H and O–H groups in total. The van der Waals surface area contributed by atoms with E-state index in [0.717, 1.165) is 25.8 Å². The number of ketones is 1. The van der Waals surface area contributed by atoms with Gasteiger partial charge in [0.1, 0.15) is 5.78 Å². The number of nitrogens with one attached hydrogen (secondary N) is 1. The van der Waals surface area contributed by atoms with Gasteiger partial charge in [0.05, 0.1) is 0 Å². The van der Waals surface area contributed by atoms with Crippen LogP contribution in [-0.2, 0) is 4.79 Å². The molecule has 76 valence electrons. The van der Waals surface area contributed by atoms with Gasteiger partial charge in [0, 0.05) is 18.4 Å². The highest BCUT2D eigenvalue weighted by molar-refractivity contribution is 5.84. The average Bonchev–Trinajstić information content (AvgIpc) is 1.97. The van der Waals surface area contributed by atoms with Crippen LogP contribution in [0.2, 0.25) is 0 Å². The molecule has 1 saturated carbocycles. The fourth-order valence-corrected chi connectivity index (χ4v) is 2.59. The summed E-state index contributed by atoms with van der Waals surface area (Å²) in [5, 5.41) is 3.22. The fraction of sp³-hybridized carbons (Fsp3) is 0.909. The molecule has 0 aromatic carbocycles. The second-order valence-electron chi connectivity index (χ2n) is 5.32. The van der Waals surface area contributed by atoms with Crippen LogP contribution in [0.15, 0.2) is 0 Å². The van der Waals surface area contributed by atoms with E-state index in [1.807, 2.05) is 7.05 Å². The first-order valence-electron chi connectivity index (χ1n) is 5.08. The number of rotatable bonds is 2. The monoisotopic (exact) mass is 183 g/mol. The maximum atomic E-state index is 11.6. The first kappa shape index (κ1) is 10.7. The van der Waals surface area contributed by atoms with Crippen molar-refractivity contribution >= 4 is 5.78 Å². The average molecular weight is 183 g/mol. The van der Waals surface area contributed by atoms with Gasteiger partial charge >= 0.3 is 0 Å². The molecule has 0 heterocycles. The zero-order valence-corrected chi connectivity index (χ0v) is 9.24. The molecule has 0 spiro atoms. The van der Waals surface area contributed by atoms with Gasteiger partial charge < -0.3 is 5.32 Å². The molecule has 1 fully saturated rings. The van der Waals surface area contributed by atoms with Crippen molar-refractivity contribution in [3.63, 3.8) is 0 Å². The van der Waals surface area contributed by atoms with Crippen molar-refractivity contribution in [2.45, 2.75) is 40.0 Å². The van der Waals surface area contributed by atoms with Gasteiger partial charge in [-0.15, -0.1) is 0 Å². The minimum atomic E-state index is -0.107. The lowest BCUT2D eigenvalue weighted by molar-refractivity contribution is -0.132. The van der Waals surface area contributed by atoms with Crippen molar-refractivity contribution < 1.29 is 4.79 Å². The number of hydrogen-bond donors (Lipinski definition) is 1. The van der Waals surface area contributed by atoms with Crippen LogP contribution in [0.5, 0.6) is 0 Å². The normalized spacial score (nSPS) is 33.4. The molecular weight excluding hydrogens is 162 g/mol. The van der Waals surface area contributed by atoms with Gasteiger partial charge in [0.25, 0.3) is 0 Å². The van der Waals surface area contributed by atoms with E-state index in [-0.39, 0.29) is 5.41 Å². The van der Waals surface area contributed by atoms with Gasteiger partial charge in [0.15, 0.2) is 0 Å². The fourth-order valence-electron chi connectivity index (χ4n) is 2.59. The molecule has 2 heteroatoms. The van der Waals surface area contributed by atoms with E-state index in [4.69, 9.17) is 0 Å². The molecule has 0 bridgehead atoms. The summed E-state index contributed by atoms with van der Waals surface area (Å²) < 4.78 is 0. The third-order valence-corrected chi connectivity index (χ3v) is 3.18. The molecule has 0 radical (unpaired) electrons. The Bertz CT molecular complexity index is 210. The SMILES string of the molecule is CNCC1(C)CCC(=O)C(C)(C)C1. The maximum Gasteiger partial charge on any atom is 0.138 e. The molecule has 1 unspecified atom stereocenters. The van der Waals surface area contributed by atoms with Crippen molar-refractivity contribution in [2.75, 3.05) is 13.6 Å². The van der Waals surface area contributed by atoms with Gasteiger partial charge in [0.2, 0.25) is 0 Å². The van der Waals surface area contributed by atoms with Crippen molar-refractivity contribution in [1.29, 1.82) is 0 Å². The number of hydrogen-bond acceptors (Lipinski definition) is 2. The van der Waals surface area contributed by atoms with Crippen molar-refractivity contribution in [3.8, 4) is 0 Å². The van der Waals surface area contributed by atoms with E-state index >= 15 is 0 Å². The van der Waals surface area contributed by atoms with Gasteiger partial charge in [-0.1, -0.05) is 20.8 Å². The van der Waals surface area contributed by atoms with E-state index in [2.05, 4.69) is 26.1 Å². The topological polar surface area (TPSA) is 29.1 Å². The second-order valence-corrected chi connectivity index (χ2v) is 5.32. The molecule has 0 aliphatic heterocycles. The predicted molar refractivity (Wildman–Crippen MR) is 54.7 cm³/mol. The molecule has 0 saturated heterocycles. The number of carbonyl (C=O) groups excluding carboxylic acids is 1. The molecular formula is C11H21NO. The molecule has 2 nitrogen and oxygen atoms in total. The van der Waals surface area contributed by atoms with Crippen LogP contribution in [0.1, 0.15) is 40.0 Å². The summed E-state index contributed by atoms with van der Waals surface area (Å²) in [6, 6.07) is 0. The first-order valence-corrected chi connectivity index (χ1v) is 5.08. The summed E-state index contributed by atoms with van der Waals surface area (Å²) >= 11 is 0. The highest BCUT2D eigenvalue weighted by atomic mass is 16.1. The molecule has 1 aliphatic carbocycles. The predicted octanol–water partition coefficient (Wildman–Crippen LogP) is 1.99. The van der Waals surface area contributed by atoms with E-state index < -0.39 is 0 Å². The van der Waals surface area contributed by atoms with E-state index in [1.54, 1.807) is 0 Å². The van der Waals surface area contributed by atoms with Crippen LogP contribution in [0, 0.1) is 10.8 Å². The Morgan fingerprint density at radius 3 is 2.46 bits per heavy atom. The largest absolute Gasteiger partial charge is 0.319 e. The highest BCUT2D eigenvalue weighted by Crippen LogP contribution is 2.43. The lowest BCUT2D eigenvalue weighted by Gasteiger charge is -2.41. The molecule has 1 aliphatic rings. The first-order chi connectivity index (χ1) is 5.90. The summed E-state index contributed by atoms with van der Waals surface area (Å²) in [6.45, 7) is 7.44. The summed E-state index contributed by atoms with van der Waals surface area (Å²) in [4.78, 5) is 11.6. The standard InChI is InChI=1S/C11H21NO/c1-10(2)7-11(3,8-12-4)6-5-9(10)13/h12H,5-8H2,1-4H3. The van der Waals surface area contributed by atoms with Crippen LogP contribution in [-0.4, -0.2) is 19.4 Å². The van der Waals surface area contributed by atoms with Gasteiger partial charge in [-0.25, -0.2) is 0 Å². The highest BCUT2D eigenvalue weighted by Gasteiger charge is 2.41. The molecule has 0 aromatic rings. The Kier molecular flexibility index (Phi) is 2.81. The van der Waals surface area contributed by atoms with E-state index in [0.29, 0.717) is 11.2 Å². The minimum Gasteiger partial charge on any atom is -0.319 e. The Hall–Kier alpha value is -0.370. The van der Waals surface area contributed by atoms with Crippen molar-refractivity contribution in [1.82, 2.24) is 5.32 Å². The van der Waals surface area contributed by atoms with E-state index in [9.17, 15) is 4.79 Å². The molecule has 1 rings (SSSR count). The quantitative estimate of drug-likeness (QED) is 0.709. The Labute approximate surface area is 81.1 Å². The van der Waals surface area contributed by atoms with Crippen molar-refractivity contribution in [2.24, 2.45) is 10.8 Å². The molecule has 13 heavy (non-hydrogen) atoms. The third kappa shape index (κ3) is 2.31. The second kappa shape index (κ2) is 3.41. The molecule has 0 aromatic heterocycles. The zero-order valence-electron chi connectivity index (χ0n) is 9.24. The summed E-state index contributed by atoms with van der Waals surface area (Å²) in [5.74, 6) is 0.432. The summed E-state index contributed by atoms with van der Waals surface area (Å²) in [7, 11) is 1.98. The summed E-state index contributed by atoms with van der Waals surface area (Å²) in [5.41, 5.74) is 0.204. The number of Topliss-reactive ketones (excluding diaryl/α,β-unsaturated/α-hetero) is 1. The van der Waals surface area contributed by atoms with Gasteiger partial charge in [-0.2, -0.15) is 0 Å². The maximum absolute atomic E-state index is 11.6. The lowest BCUT2D eigenvalue weighted by atomic mass is 9.64. The smallest absolute Gasteiger partial charge is 0.138 e. The van der Waals surface area contributed by atoms with Crippen molar-refractivity contribution in [3.05, 3.63) is 0 Å². The molecule has 1 atom stereocenters. The van der Waals surface area contributed by atoms with Crippen LogP contribution in [0.3, 0.4) is 0 Å². The van der Waals surface area contributed by atoms with Crippen LogP contribution in [0.4, 0.5) is 0 Å². The van der Waals surface area contributed by atoms with Crippen LogP contribution < -0.4 is 5.32 Å². The zero-order chi connectivity index (χ0) is 10.1. The van der Waals surface area contributed by atoms with Gasteiger partial charge in [-0.05, 0) is 25.3 Å². The Morgan fingerprint density at radius 2 is 2.00 bits per heavy atom. The van der Waals surface area contributed by atoms with E-state index in [1.165, 1.54) is 0 Å². The lowest BCUT2D eigenvalue weighted by Crippen LogP contribution is -2.42. The third-order valence-electron chi connectivity index (χ3n) is 3.18. The Morgan fingerprint density at radius 1 is 1.38 bits per heavy atom. The minimum absolute atomic E-state index is 0.107. The Balaban J connectivity index is 2.69. The van der Waals surface area contributed by atoms with Gasteiger partial charge in [-0.3, -0.25) is 4.79 Å². The number of carbonyl (C=O) groups is 1. The van der Waals surface area contributed by atoms with Crippen LogP contribution in [0.25, 0.3) is 0 Å². The van der Waals surface area contributed by atoms with Crippen LogP contribution >= 0.6 is 0 Å².